The summed E-state index contributed by atoms with van der Waals surface area (Å²) >= 11 is 0. The molecular formula is C25H30N6. The number of hydrogen-bond donors (Lipinski definition) is 2. The molecule has 2 fully saturated rings. The Bertz CT molecular complexity index is 1210. The van der Waals surface area contributed by atoms with Crippen LogP contribution < -0.4 is 4.90 Å². The maximum Gasteiger partial charge on any atom is 0.159 e. The summed E-state index contributed by atoms with van der Waals surface area (Å²) in [7, 11) is 0. The standard InChI is InChI=1S/C25H30N6/c1-17-5-7-20-22(15-17)28-29-24(20)25-26-21-8-6-19(16-23(21)27-25)31-13-9-18(10-14-31)30-11-3-2-4-12-30/h5-8,15-16,18H,2-4,9-14H2,1H3,(H,26,27)(H,28,29). The molecule has 0 bridgehead atoms. The van der Waals surface area contributed by atoms with Crippen LogP contribution in [0.3, 0.4) is 0 Å². The number of benzene rings is 2. The molecule has 0 radical (unpaired) electrons. The fraction of sp³-hybridized carbons (Fsp3) is 0.440. The van der Waals surface area contributed by atoms with E-state index in [0.29, 0.717) is 0 Å². The fourth-order valence-corrected chi connectivity index (χ4v) is 5.39. The number of nitrogens with zero attached hydrogens (tertiary/aromatic N) is 4. The second-order valence-corrected chi connectivity index (χ2v) is 9.22. The van der Waals surface area contributed by atoms with Gasteiger partial charge < -0.3 is 14.8 Å². The van der Waals surface area contributed by atoms with Crippen LogP contribution in [0.4, 0.5) is 5.69 Å². The monoisotopic (exact) mass is 414 g/mol. The molecule has 0 saturated carbocycles. The number of nitrogens with one attached hydrogen (secondary N) is 2. The molecular weight excluding hydrogens is 384 g/mol. The van der Waals surface area contributed by atoms with Gasteiger partial charge in [-0.25, -0.2) is 4.98 Å². The Morgan fingerprint density at radius 2 is 1.74 bits per heavy atom. The Hall–Kier alpha value is -2.86. The van der Waals surface area contributed by atoms with Gasteiger partial charge in [-0.2, -0.15) is 5.10 Å². The molecule has 6 rings (SSSR count). The molecule has 2 aliphatic rings. The molecule has 0 atom stereocenters. The highest BCUT2D eigenvalue weighted by Crippen LogP contribution is 2.30. The molecule has 0 aliphatic carbocycles. The van der Waals surface area contributed by atoms with E-state index < -0.39 is 0 Å². The number of fused-ring (bicyclic) bond motifs is 2. The number of anilines is 1. The van der Waals surface area contributed by atoms with E-state index >= 15 is 0 Å². The van der Waals surface area contributed by atoms with E-state index in [9.17, 15) is 0 Å². The van der Waals surface area contributed by atoms with Gasteiger partial charge in [-0.1, -0.05) is 18.6 Å². The van der Waals surface area contributed by atoms with Crippen molar-refractivity contribution < 1.29 is 0 Å². The summed E-state index contributed by atoms with van der Waals surface area (Å²) < 4.78 is 0. The number of piperidine rings is 2. The Morgan fingerprint density at radius 1 is 0.903 bits per heavy atom. The summed E-state index contributed by atoms with van der Waals surface area (Å²) in [6.07, 6.45) is 6.71. The van der Waals surface area contributed by atoms with Crippen LogP contribution in [0, 0.1) is 6.92 Å². The SMILES string of the molecule is Cc1ccc2c(-c3nc4ccc(N5CCC(N6CCCCC6)CC5)cc4[nH]3)n[nH]c2c1. The molecule has 2 aliphatic heterocycles. The van der Waals surface area contributed by atoms with Gasteiger partial charge in [0.2, 0.25) is 0 Å². The Kier molecular flexibility index (Phi) is 4.68. The lowest BCUT2D eigenvalue weighted by molar-refractivity contribution is 0.141. The van der Waals surface area contributed by atoms with Crippen LogP contribution in [0.25, 0.3) is 33.5 Å². The highest BCUT2D eigenvalue weighted by atomic mass is 15.2. The molecule has 2 N–H and O–H groups in total. The quantitative estimate of drug-likeness (QED) is 0.502. The maximum atomic E-state index is 4.82. The number of rotatable bonds is 3. The van der Waals surface area contributed by atoms with E-state index in [1.54, 1.807) is 0 Å². The van der Waals surface area contributed by atoms with Crippen molar-refractivity contribution in [3.8, 4) is 11.5 Å². The zero-order valence-corrected chi connectivity index (χ0v) is 18.2. The van der Waals surface area contributed by atoms with Gasteiger partial charge in [-0.3, -0.25) is 5.10 Å². The molecule has 0 spiro atoms. The average Bonchev–Trinajstić information content (AvgIpc) is 3.42. The summed E-state index contributed by atoms with van der Waals surface area (Å²) in [4.78, 5) is 13.6. The number of aromatic nitrogens is 4. The first-order valence-corrected chi connectivity index (χ1v) is 11.7. The number of imidazole rings is 1. The highest BCUT2D eigenvalue weighted by Gasteiger charge is 2.26. The van der Waals surface area contributed by atoms with E-state index in [1.807, 2.05) is 0 Å². The second-order valence-electron chi connectivity index (χ2n) is 9.22. The summed E-state index contributed by atoms with van der Waals surface area (Å²) in [5.74, 6) is 0.825. The van der Waals surface area contributed by atoms with Crippen LogP contribution in [0.2, 0.25) is 0 Å². The average molecular weight is 415 g/mol. The maximum absolute atomic E-state index is 4.82. The third-order valence-corrected chi connectivity index (χ3v) is 7.14. The molecule has 160 valence electrons. The molecule has 0 unspecified atom stereocenters. The lowest BCUT2D eigenvalue weighted by atomic mass is 9.99. The van der Waals surface area contributed by atoms with Crippen molar-refractivity contribution >= 4 is 27.6 Å². The molecule has 0 amide bonds. The van der Waals surface area contributed by atoms with E-state index in [2.05, 4.69) is 68.3 Å². The van der Waals surface area contributed by atoms with Gasteiger partial charge in [-0.05, 0) is 75.5 Å². The number of aromatic amines is 2. The smallest absolute Gasteiger partial charge is 0.159 e. The van der Waals surface area contributed by atoms with Crippen molar-refractivity contribution in [2.45, 2.75) is 45.1 Å². The zero-order chi connectivity index (χ0) is 20.8. The molecule has 2 saturated heterocycles. The predicted octanol–water partition coefficient (Wildman–Crippen LogP) is 4.87. The van der Waals surface area contributed by atoms with Crippen LogP contribution in [0.5, 0.6) is 0 Å². The molecule has 6 nitrogen and oxygen atoms in total. The first kappa shape index (κ1) is 18.9. The van der Waals surface area contributed by atoms with E-state index in [4.69, 9.17) is 4.98 Å². The lowest BCUT2D eigenvalue weighted by Crippen LogP contribution is -2.46. The Morgan fingerprint density at radius 3 is 2.58 bits per heavy atom. The molecule has 4 aromatic rings. The second kappa shape index (κ2) is 7.68. The Balaban J connectivity index is 1.23. The van der Waals surface area contributed by atoms with Crippen molar-refractivity contribution in [1.29, 1.82) is 0 Å². The zero-order valence-electron chi connectivity index (χ0n) is 18.2. The van der Waals surface area contributed by atoms with Crippen molar-refractivity contribution in [3.05, 3.63) is 42.0 Å². The molecule has 2 aromatic carbocycles. The minimum atomic E-state index is 0.774. The summed E-state index contributed by atoms with van der Waals surface area (Å²) in [6, 6.07) is 13.8. The van der Waals surface area contributed by atoms with Gasteiger partial charge in [0.1, 0.15) is 5.69 Å². The van der Waals surface area contributed by atoms with Gasteiger partial charge >= 0.3 is 0 Å². The molecule has 4 heterocycles. The topological polar surface area (TPSA) is 63.8 Å². The first-order valence-electron chi connectivity index (χ1n) is 11.7. The van der Waals surface area contributed by atoms with Crippen molar-refractivity contribution in [2.75, 3.05) is 31.1 Å². The predicted molar refractivity (Wildman–Crippen MR) is 127 cm³/mol. The van der Waals surface area contributed by atoms with Crippen LogP contribution in [0.1, 0.15) is 37.7 Å². The van der Waals surface area contributed by atoms with Crippen molar-refractivity contribution in [2.24, 2.45) is 0 Å². The van der Waals surface area contributed by atoms with E-state index in [0.717, 1.165) is 52.6 Å². The van der Waals surface area contributed by atoms with Gasteiger partial charge in [0, 0.05) is 30.2 Å². The minimum absolute atomic E-state index is 0.774. The highest BCUT2D eigenvalue weighted by molar-refractivity contribution is 5.93. The summed E-state index contributed by atoms with van der Waals surface area (Å²) in [5, 5.41) is 8.78. The number of H-pyrrole nitrogens is 2. The minimum Gasteiger partial charge on any atom is -0.371 e. The van der Waals surface area contributed by atoms with Crippen LogP contribution >= 0.6 is 0 Å². The molecule has 31 heavy (non-hydrogen) atoms. The largest absolute Gasteiger partial charge is 0.371 e. The molecule has 2 aromatic heterocycles. The van der Waals surface area contributed by atoms with Gasteiger partial charge in [-0.15, -0.1) is 0 Å². The van der Waals surface area contributed by atoms with Gasteiger partial charge in [0.05, 0.1) is 16.6 Å². The van der Waals surface area contributed by atoms with Crippen molar-refractivity contribution in [1.82, 2.24) is 25.1 Å². The summed E-state index contributed by atoms with van der Waals surface area (Å²) in [6.45, 7) is 6.97. The van der Waals surface area contributed by atoms with Gasteiger partial charge in [0.25, 0.3) is 0 Å². The van der Waals surface area contributed by atoms with E-state index in [-0.39, 0.29) is 0 Å². The Labute approximate surface area is 182 Å². The van der Waals surface area contributed by atoms with Crippen LogP contribution in [0.15, 0.2) is 36.4 Å². The van der Waals surface area contributed by atoms with Crippen LogP contribution in [-0.4, -0.2) is 57.3 Å². The van der Waals surface area contributed by atoms with Gasteiger partial charge in [0.15, 0.2) is 5.82 Å². The fourth-order valence-electron chi connectivity index (χ4n) is 5.39. The lowest BCUT2D eigenvalue weighted by Gasteiger charge is -2.41. The third kappa shape index (κ3) is 3.49. The number of aryl methyl sites for hydroxylation is 1. The third-order valence-electron chi connectivity index (χ3n) is 7.14. The number of likely N-dealkylation sites (tertiary alicyclic amines) is 1. The number of hydrogen-bond acceptors (Lipinski definition) is 4. The van der Waals surface area contributed by atoms with E-state index in [1.165, 1.54) is 56.4 Å². The van der Waals surface area contributed by atoms with Crippen LogP contribution in [-0.2, 0) is 0 Å². The molecule has 6 heteroatoms. The van der Waals surface area contributed by atoms with Crippen molar-refractivity contribution in [3.63, 3.8) is 0 Å². The summed E-state index contributed by atoms with van der Waals surface area (Å²) in [5.41, 5.74) is 6.52. The first-order chi connectivity index (χ1) is 15.2. The normalized spacial score (nSPS) is 18.9.